The fraction of sp³-hybridized carbons (Fsp3) is 0.615. The fourth-order valence-corrected chi connectivity index (χ4v) is 1.72. The van der Waals surface area contributed by atoms with Crippen LogP contribution < -0.4 is 0 Å². The molecule has 0 aromatic carbocycles. The number of aliphatic hydroxyl groups is 2. The second-order valence-electron chi connectivity index (χ2n) is 3.94. The number of hydrogen-bond donors (Lipinski definition) is 2. The van der Waals surface area contributed by atoms with Gasteiger partial charge >= 0.3 is 0 Å². The van der Waals surface area contributed by atoms with Gasteiger partial charge in [0.15, 0.2) is 0 Å². The Kier molecular flexibility index (Phi) is 6.77. The van der Waals surface area contributed by atoms with Crippen LogP contribution in [0, 0.1) is 6.20 Å². The Morgan fingerprint density at radius 2 is 1.56 bits per heavy atom. The molecule has 0 atom stereocenters. The molecule has 16 heavy (non-hydrogen) atoms. The van der Waals surface area contributed by atoms with Crippen molar-refractivity contribution in [2.45, 2.75) is 38.5 Å². The highest BCUT2D eigenvalue weighted by Gasteiger charge is 2.02. The van der Waals surface area contributed by atoms with Crippen LogP contribution >= 0.6 is 0 Å². The summed E-state index contributed by atoms with van der Waals surface area (Å²) in [5, 5.41) is 17.5. The number of nitrogens with zero attached hydrogens (tertiary/aromatic N) is 1. The minimum Gasteiger partial charge on any atom is -0.396 e. The summed E-state index contributed by atoms with van der Waals surface area (Å²) >= 11 is 0. The Balaban J connectivity index is 2.46. The third-order valence-electron chi connectivity index (χ3n) is 2.65. The first kappa shape index (κ1) is 13.1. The topological polar surface area (TPSA) is 53.4 Å². The minimum atomic E-state index is 0.256. The molecule has 0 aliphatic carbocycles. The van der Waals surface area contributed by atoms with Gasteiger partial charge < -0.3 is 10.2 Å². The lowest BCUT2D eigenvalue weighted by atomic mass is 10.0. The summed E-state index contributed by atoms with van der Waals surface area (Å²) in [6.07, 6.45) is 10.4. The molecule has 0 bridgehead atoms. The van der Waals surface area contributed by atoms with Gasteiger partial charge in [0.25, 0.3) is 0 Å². The lowest BCUT2D eigenvalue weighted by Gasteiger charge is -2.07. The summed E-state index contributed by atoms with van der Waals surface area (Å²) in [4.78, 5) is 4.02. The van der Waals surface area contributed by atoms with Gasteiger partial charge in [0.05, 0.1) is 6.20 Å². The summed E-state index contributed by atoms with van der Waals surface area (Å²) in [7, 11) is 0. The van der Waals surface area contributed by atoms with Crippen LogP contribution in [0.25, 0.3) is 0 Å². The van der Waals surface area contributed by atoms with E-state index in [9.17, 15) is 0 Å². The van der Waals surface area contributed by atoms with Crippen LogP contribution in [-0.4, -0.2) is 28.4 Å². The number of aryl methyl sites for hydroxylation is 2. The minimum absolute atomic E-state index is 0.256. The third-order valence-corrected chi connectivity index (χ3v) is 2.65. The monoisotopic (exact) mass is 222 g/mol. The molecule has 2 N–H and O–H groups in total. The van der Waals surface area contributed by atoms with E-state index in [1.807, 2.05) is 12.3 Å². The number of aromatic nitrogens is 1. The lowest BCUT2D eigenvalue weighted by molar-refractivity contribution is 0.283. The molecule has 0 aliphatic heterocycles. The zero-order chi connectivity index (χ0) is 11.6. The van der Waals surface area contributed by atoms with E-state index in [1.54, 1.807) is 0 Å². The Hall–Kier alpha value is -0.930. The second-order valence-corrected chi connectivity index (χ2v) is 3.94. The van der Waals surface area contributed by atoms with Crippen molar-refractivity contribution in [1.82, 2.24) is 4.98 Å². The summed E-state index contributed by atoms with van der Waals surface area (Å²) in [6.45, 7) is 0.515. The maximum Gasteiger partial charge on any atom is 0.0889 e. The Labute approximate surface area is 97.2 Å². The molecule has 0 amide bonds. The van der Waals surface area contributed by atoms with Gasteiger partial charge in [-0.25, -0.2) is 0 Å². The standard InChI is InChI=1S/C13H20NO2/c15-9-3-1-5-12-7-8-14-11-13(12)6-2-4-10-16/h7,11,15-16H,1-6,9-10H2. The van der Waals surface area contributed by atoms with E-state index in [0.717, 1.165) is 38.5 Å². The number of rotatable bonds is 8. The Morgan fingerprint density at radius 1 is 0.938 bits per heavy atom. The molecule has 0 unspecified atom stereocenters. The van der Waals surface area contributed by atoms with E-state index < -0.39 is 0 Å². The third kappa shape index (κ3) is 4.73. The van der Waals surface area contributed by atoms with E-state index >= 15 is 0 Å². The lowest BCUT2D eigenvalue weighted by Crippen LogP contribution is -1.98. The first-order chi connectivity index (χ1) is 7.88. The molecule has 0 aliphatic rings. The molecule has 3 heteroatoms. The Morgan fingerprint density at radius 3 is 2.19 bits per heavy atom. The van der Waals surface area contributed by atoms with Crippen LogP contribution in [0.3, 0.4) is 0 Å². The normalized spacial score (nSPS) is 10.6. The van der Waals surface area contributed by atoms with Gasteiger partial charge in [-0.3, -0.25) is 4.98 Å². The number of pyridine rings is 1. The van der Waals surface area contributed by atoms with Crippen molar-refractivity contribution in [1.29, 1.82) is 0 Å². The molecule has 1 rings (SSSR count). The van der Waals surface area contributed by atoms with Gasteiger partial charge in [-0.05, 0) is 55.7 Å². The average Bonchev–Trinajstić information content (AvgIpc) is 2.32. The number of hydrogen-bond acceptors (Lipinski definition) is 3. The van der Waals surface area contributed by atoms with E-state index in [2.05, 4.69) is 11.2 Å². The number of unbranched alkanes of at least 4 members (excludes halogenated alkanes) is 2. The van der Waals surface area contributed by atoms with Gasteiger partial charge in [-0.1, -0.05) is 0 Å². The highest BCUT2D eigenvalue weighted by molar-refractivity contribution is 5.23. The summed E-state index contributed by atoms with van der Waals surface area (Å²) in [6, 6.07) is 1.94. The summed E-state index contributed by atoms with van der Waals surface area (Å²) in [5.41, 5.74) is 2.53. The van der Waals surface area contributed by atoms with E-state index in [0.29, 0.717) is 0 Å². The van der Waals surface area contributed by atoms with Gasteiger partial charge in [0, 0.05) is 19.4 Å². The molecule has 0 saturated carbocycles. The average molecular weight is 222 g/mol. The maximum atomic E-state index is 8.74. The van der Waals surface area contributed by atoms with Gasteiger partial charge in [0.1, 0.15) is 0 Å². The summed E-state index contributed by atoms with van der Waals surface area (Å²) < 4.78 is 0. The quantitative estimate of drug-likeness (QED) is 0.656. The van der Waals surface area contributed by atoms with Crippen molar-refractivity contribution < 1.29 is 10.2 Å². The van der Waals surface area contributed by atoms with E-state index in [1.165, 1.54) is 11.1 Å². The molecular formula is C13H20NO2. The SMILES string of the molecule is OCCCCc1c[c]ncc1CCCCO. The van der Waals surface area contributed by atoms with Crippen molar-refractivity contribution in [2.75, 3.05) is 13.2 Å². The Bertz CT molecular complexity index is 260. The predicted octanol–water partition coefficient (Wildman–Crippen LogP) is 1.51. The summed E-state index contributed by atoms with van der Waals surface area (Å²) in [5.74, 6) is 0. The van der Waals surface area contributed by atoms with Crippen LogP contribution in [0.5, 0.6) is 0 Å². The first-order valence-electron chi connectivity index (χ1n) is 5.94. The molecule has 0 fully saturated rings. The molecule has 1 radical (unpaired) electrons. The fourth-order valence-electron chi connectivity index (χ4n) is 1.72. The second kappa shape index (κ2) is 8.25. The molecule has 3 nitrogen and oxygen atoms in total. The van der Waals surface area contributed by atoms with Crippen molar-refractivity contribution in [3.63, 3.8) is 0 Å². The molecule has 89 valence electrons. The zero-order valence-electron chi connectivity index (χ0n) is 9.65. The highest BCUT2D eigenvalue weighted by atomic mass is 16.3. The van der Waals surface area contributed by atoms with Crippen LogP contribution in [-0.2, 0) is 12.8 Å². The van der Waals surface area contributed by atoms with Crippen molar-refractivity contribution in [3.05, 3.63) is 29.6 Å². The first-order valence-corrected chi connectivity index (χ1v) is 5.94. The van der Waals surface area contributed by atoms with Crippen LogP contribution in [0.4, 0.5) is 0 Å². The highest BCUT2D eigenvalue weighted by Crippen LogP contribution is 2.13. The number of aliphatic hydroxyl groups excluding tert-OH is 2. The zero-order valence-corrected chi connectivity index (χ0v) is 9.65. The predicted molar refractivity (Wildman–Crippen MR) is 63.1 cm³/mol. The van der Waals surface area contributed by atoms with Crippen LogP contribution in [0.2, 0.25) is 0 Å². The molecule has 1 aromatic rings. The molecule has 0 saturated heterocycles. The van der Waals surface area contributed by atoms with Gasteiger partial charge in [-0.15, -0.1) is 0 Å². The van der Waals surface area contributed by atoms with Crippen LogP contribution in [0.1, 0.15) is 36.8 Å². The van der Waals surface area contributed by atoms with E-state index in [-0.39, 0.29) is 13.2 Å². The van der Waals surface area contributed by atoms with Crippen molar-refractivity contribution in [2.24, 2.45) is 0 Å². The van der Waals surface area contributed by atoms with Gasteiger partial charge in [-0.2, -0.15) is 0 Å². The van der Waals surface area contributed by atoms with Crippen LogP contribution in [0.15, 0.2) is 12.3 Å². The molecular weight excluding hydrogens is 202 g/mol. The van der Waals surface area contributed by atoms with E-state index in [4.69, 9.17) is 10.2 Å². The smallest absolute Gasteiger partial charge is 0.0889 e. The maximum absolute atomic E-state index is 8.74. The van der Waals surface area contributed by atoms with Crippen molar-refractivity contribution >= 4 is 0 Å². The largest absolute Gasteiger partial charge is 0.396 e. The van der Waals surface area contributed by atoms with Crippen molar-refractivity contribution in [3.8, 4) is 0 Å². The van der Waals surface area contributed by atoms with Gasteiger partial charge in [0.2, 0.25) is 0 Å². The molecule has 1 heterocycles. The molecule has 0 spiro atoms. The molecule has 1 aromatic heterocycles.